The second kappa shape index (κ2) is 8.90. The Hall–Kier alpha value is -2.15. The van der Waals surface area contributed by atoms with Gasteiger partial charge in [-0.3, -0.25) is 4.79 Å². The molecule has 0 unspecified atom stereocenters. The number of hydrogen-bond acceptors (Lipinski definition) is 3. The molecule has 0 aromatic heterocycles. The van der Waals surface area contributed by atoms with E-state index in [0.29, 0.717) is 31.9 Å². The molecule has 150 valence electrons. The lowest BCUT2D eigenvalue weighted by atomic mass is 10.1. The van der Waals surface area contributed by atoms with Gasteiger partial charge in [-0.05, 0) is 30.7 Å². The summed E-state index contributed by atoms with van der Waals surface area (Å²) in [6.45, 7) is 4.01. The molecule has 3 nitrogen and oxygen atoms in total. The Balaban J connectivity index is 1.52. The summed E-state index contributed by atoms with van der Waals surface area (Å²) < 4.78 is 38.7. The molecule has 0 aliphatic carbocycles. The van der Waals surface area contributed by atoms with Crippen LogP contribution in [0.3, 0.4) is 0 Å². The number of anilines is 1. The van der Waals surface area contributed by atoms with Crippen molar-refractivity contribution in [2.75, 3.05) is 31.1 Å². The first-order chi connectivity index (χ1) is 13.3. The van der Waals surface area contributed by atoms with Crippen LogP contribution in [-0.4, -0.2) is 42.2 Å². The number of amides is 1. The molecular formula is C21H23F3N2OS. The van der Waals surface area contributed by atoms with Gasteiger partial charge in [-0.15, -0.1) is 11.8 Å². The fraction of sp³-hybridized carbons (Fsp3) is 0.381. The van der Waals surface area contributed by atoms with E-state index >= 15 is 0 Å². The highest BCUT2D eigenvalue weighted by molar-refractivity contribution is 7.99. The Bertz CT molecular complexity index is 790. The molecule has 1 atom stereocenters. The molecule has 3 rings (SSSR count). The average molecular weight is 408 g/mol. The number of alkyl halides is 3. The van der Waals surface area contributed by atoms with E-state index in [-0.39, 0.29) is 11.2 Å². The lowest BCUT2D eigenvalue weighted by molar-refractivity contribution is -0.137. The summed E-state index contributed by atoms with van der Waals surface area (Å²) in [7, 11) is 0. The lowest BCUT2D eigenvalue weighted by Gasteiger charge is -2.37. The van der Waals surface area contributed by atoms with Gasteiger partial charge in [0.25, 0.3) is 0 Å². The predicted molar refractivity (Wildman–Crippen MR) is 107 cm³/mol. The maximum Gasteiger partial charge on any atom is 0.416 e. The summed E-state index contributed by atoms with van der Waals surface area (Å²) in [6.07, 6.45) is -4.35. The highest BCUT2D eigenvalue weighted by Crippen LogP contribution is 2.32. The van der Waals surface area contributed by atoms with Crippen LogP contribution in [0.15, 0.2) is 54.6 Å². The van der Waals surface area contributed by atoms with Crippen molar-refractivity contribution in [2.45, 2.75) is 24.1 Å². The van der Waals surface area contributed by atoms with E-state index in [1.807, 2.05) is 47.1 Å². The van der Waals surface area contributed by atoms with Crippen LogP contribution in [0.2, 0.25) is 0 Å². The maximum atomic E-state index is 12.9. The molecule has 1 aliphatic rings. The summed E-state index contributed by atoms with van der Waals surface area (Å²) in [5.74, 6) is 0.863. The third-order valence-electron chi connectivity index (χ3n) is 4.82. The van der Waals surface area contributed by atoms with Crippen LogP contribution >= 0.6 is 11.8 Å². The Morgan fingerprint density at radius 3 is 2.36 bits per heavy atom. The van der Waals surface area contributed by atoms with Crippen molar-refractivity contribution in [2.24, 2.45) is 0 Å². The first-order valence-corrected chi connectivity index (χ1v) is 10.3. The number of piperazine rings is 1. The number of benzene rings is 2. The van der Waals surface area contributed by atoms with Crippen molar-refractivity contribution in [1.82, 2.24) is 4.90 Å². The molecule has 1 heterocycles. The molecular weight excluding hydrogens is 385 g/mol. The molecule has 0 spiro atoms. The number of thioether (sulfide) groups is 1. The van der Waals surface area contributed by atoms with Crippen LogP contribution in [0.5, 0.6) is 0 Å². The summed E-state index contributed by atoms with van der Waals surface area (Å²) in [5.41, 5.74) is 1.09. The molecule has 0 radical (unpaired) electrons. The highest BCUT2D eigenvalue weighted by Gasteiger charge is 2.31. The summed E-state index contributed by atoms with van der Waals surface area (Å²) in [5, 5.41) is -0.152. The number of rotatable bonds is 5. The summed E-state index contributed by atoms with van der Waals surface area (Å²) in [4.78, 5) is 16.4. The molecule has 0 bridgehead atoms. The molecule has 1 aliphatic heterocycles. The van der Waals surface area contributed by atoms with Crippen LogP contribution in [0, 0.1) is 0 Å². The van der Waals surface area contributed by atoms with Crippen LogP contribution in [0.4, 0.5) is 18.9 Å². The van der Waals surface area contributed by atoms with E-state index in [0.717, 1.165) is 11.8 Å². The minimum atomic E-state index is -4.35. The third kappa shape index (κ3) is 5.22. The van der Waals surface area contributed by atoms with Gasteiger partial charge < -0.3 is 9.80 Å². The lowest BCUT2D eigenvalue weighted by Crippen LogP contribution is -2.50. The van der Waals surface area contributed by atoms with Gasteiger partial charge in [-0.2, -0.15) is 13.2 Å². The van der Waals surface area contributed by atoms with E-state index in [9.17, 15) is 18.0 Å². The van der Waals surface area contributed by atoms with Gasteiger partial charge in [0, 0.05) is 37.6 Å². The van der Waals surface area contributed by atoms with Gasteiger partial charge in [0.15, 0.2) is 0 Å². The zero-order chi connectivity index (χ0) is 20.1. The quantitative estimate of drug-likeness (QED) is 0.718. The standard InChI is InChI=1S/C21H23F3N2OS/c1-16(28-15-17-6-3-2-4-7-17)20(27)26-12-10-25(11-13-26)19-9-5-8-18(14-19)21(22,23)24/h2-9,14,16H,10-13,15H2,1H3/t16-/m1/s1. The smallest absolute Gasteiger partial charge is 0.368 e. The second-order valence-electron chi connectivity index (χ2n) is 6.80. The number of nitrogens with zero attached hydrogens (tertiary/aromatic N) is 2. The van der Waals surface area contributed by atoms with Gasteiger partial charge in [-0.25, -0.2) is 0 Å². The van der Waals surface area contributed by atoms with E-state index in [1.54, 1.807) is 17.8 Å². The monoisotopic (exact) mass is 408 g/mol. The van der Waals surface area contributed by atoms with Crippen molar-refractivity contribution in [3.63, 3.8) is 0 Å². The number of hydrogen-bond donors (Lipinski definition) is 0. The molecule has 2 aromatic rings. The molecule has 7 heteroatoms. The third-order valence-corrected chi connectivity index (χ3v) is 6.02. The molecule has 0 N–H and O–H groups in total. The topological polar surface area (TPSA) is 23.6 Å². The molecule has 1 fully saturated rings. The molecule has 28 heavy (non-hydrogen) atoms. The van der Waals surface area contributed by atoms with Gasteiger partial charge >= 0.3 is 6.18 Å². The Morgan fingerprint density at radius 1 is 1.04 bits per heavy atom. The van der Waals surface area contributed by atoms with Crippen LogP contribution in [0.25, 0.3) is 0 Å². The molecule has 0 saturated carbocycles. The highest BCUT2D eigenvalue weighted by atomic mass is 32.2. The van der Waals surface area contributed by atoms with E-state index < -0.39 is 11.7 Å². The second-order valence-corrected chi connectivity index (χ2v) is 8.13. The SMILES string of the molecule is C[C@@H](SCc1ccccc1)C(=O)N1CCN(c2cccc(C(F)(F)F)c2)CC1. The van der Waals surface area contributed by atoms with Crippen LogP contribution in [-0.2, 0) is 16.7 Å². The van der Waals surface area contributed by atoms with Crippen molar-refractivity contribution < 1.29 is 18.0 Å². The Kier molecular flexibility index (Phi) is 6.54. The van der Waals surface area contributed by atoms with Gasteiger partial charge in [0.1, 0.15) is 0 Å². The normalized spacial score (nSPS) is 16.1. The van der Waals surface area contributed by atoms with Crippen molar-refractivity contribution in [3.8, 4) is 0 Å². The minimum absolute atomic E-state index is 0.0876. The van der Waals surface area contributed by atoms with Gasteiger partial charge in [0.2, 0.25) is 5.91 Å². The molecule has 1 saturated heterocycles. The Labute approximate surface area is 167 Å². The zero-order valence-corrected chi connectivity index (χ0v) is 16.5. The van der Waals surface area contributed by atoms with Crippen molar-refractivity contribution in [3.05, 3.63) is 65.7 Å². The first kappa shape index (κ1) is 20.6. The average Bonchev–Trinajstić information content (AvgIpc) is 2.72. The fourth-order valence-electron chi connectivity index (χ4n) is 3.19. The minimum Gasteiger partial charge on any atom is -0.368 e. The predicted octanol–water partition coefficient (Wildman–Crippen LogP) is 4.68. The first-order valence-electron chi connectivity index (χ1n) is 9.21. The van der Waals surface area contributed by atoms with E-state index in [4.69, 9.17) is 0 Å². The fourth-order valence-corrected chi connectivity index (χ4v) is 4.11. The van der Waals surface area contributed by atoms with Crippen LogP contribution in [0.1, 0.15) is 18.1 Å². The maximum absolute atomic E-state index is 12.9. The number of carbonyl (C=O) groups is 1. The summed E-state index contributed by atoms with van der Waals surface area (Å²) in [6, 6.07) is 15.4. The summed E-state index contributed by atoms with van der Waals surface area (Å²) >= 11 is 1.60. The number of carbonyl (C=O) groups excluding carboxylic acids is 1. The number of halogens is 3. The largest absolute Gasteiger partial charge is 0.416 e. The van der Waals surface area contributed by atoms with E-state index in [2.05, 4.69) is 0 Å². The molecule has 2 aromatic carbocycles. The van der Waals surface area contributed by atoms with Crippen molar-refractivity contribution in [1.29, 1.82) is 0 Å². The zero-order valence-electron chi connectivity index (χ0n) is 15.7. The van der Waals surface area contributed by atoms with E-state index in [1.165, 1.54) is 17.7 Å². The van der Waals surface area contributed by atoms with Crippen LogP contribution < -0.4 is 4.90 Å². The van der Waals surface area contributed by atoms with Gasteiger partial charge in [0.05, 0.1) is 10.8 Å². The van der Waals surface area contributed by atoms with Gasteiger partial charge in [-0.1, -0.05) is 36.4 Å². The Morgan fingerprint density at radius 2 is 1.71 bits per heavy atom. The molecule has 1 amide bonds. The van der Waals surface area contributed by atoms with Crippen molar-refractivity contribution >= 4 is 23.4 Å².